The summed E-state index contributed by atoms with van der Waals surface area (Å²) in [5.41, 5.74) is 8.58. The SMILES string of the molecule is [CH2]c1cccc(-n2cc(C#N)cn2)c1C(=O)Nc1c2c(cc3c1CCC3)CCC2. The molecule has 1 amide bonds. The Morgan fingerprint density at radius 3 is 2.52 bits per heavy atom. The lowest BCUT2D eigenvalue weighted by Crippen LogP contribution is -2.19. The molecule has 29 heavy (non-hydrogen) atoms. The minimum absolute atomic E-state index is 0.172. The lowest BCUT2D eigenvalue weighted by molar-refractivity contribution is 0.102. The Bertz CT molecular complexity index is 1150. The van der Waals surface area contributed by atoms with E-state index < -0.39 is 0 Å². The Morgan fingerprint density at radius 2 is 1.86 bits per heavy atom. The molecular formula is C24H21N4O. The molecule has 0 fully saturated rings. The first-order chi connectivity index (χ1) is 14.2. The second-order valence-corrected chi connectivity index (χ2v) is 7.78. The van der Waals surface area contributed by atoms with Crippen LogP contribution >= 0.6 is 0 Å². The Balaban J connectivity index is 1.58. The number of aromatic nitrogens is 2. The van der Waals surface area contributed by atoms with Crippen LogP contribution in [0.3, 0.4) is 0 Å². The first kappa shape index (κ1) is 17.7. The number of nitriles is 1. The van der Waals surface area contributed by atoms with E-state index in [0.717, 1.165) is 44.2 Å². The summed E-state index contributed by atoms with van der Waals surface area (Å²) in [5, 5.41) is 16.6. The van der Waals surface area contributed by atoms with Crippen molar-refractivity contribution >= 4 is 11.6 Å². The van der Waals surface area contributed by atoms with Gasteiger partial charge in [0.1, 0.15) is 6.07 Å². The molecule has 1 radical (unpaired) electrons. The van der Waals surface area contributed by atoms with Crippen LogP contribution in [0.1, 0.15) is 56.6 Å². The molecule has 0 unspecified atom stereocenters. The zero-order valence-electron chi connectivity index (χ0n) is 16.2. The van der Waals surface area contributed by atoms with Gasteiger partial charge >= 0.3 is 0 Å². The smallest absolute Gasteiger partial charge is 0.258 e. The van der Waals surface area contributed by atoms with E-state index in [2.05, 4.69) is 29.5 Å². The van der Waals surface area contributed by atoms with Gasteiger partial charge in [-0.15, -0.1) is 0 Å². The molecule has 2 aliphatic carbocycles. The molecule has 5 nitrogen and oxygen atoms in total. The van der Waals surface area contributed by atoms with Gasteiger partial charge in [-0.2, -0.15) is 10.4 Å². The number of nitrogens with one attached hydrogen (secondary N) is 1. The molecule has 143 valence electrons. The van der Waals surface area contributed by atoms with Crippen LogP contribution in [0, 0.1) is 18.3 Å². The fraction of sp³-hybridized carbons (Fsp3) is 0.250. The number of nitrogens with zero attached hydrogens (tertiary/aromatic N) is 3. The number of amides is 1. The lowest BCUT2D eigenvalue weighted by atomic mass is 9.98. The van der Waals surface area contributed by atoms with Gasteiger partial charge in [0.25, 0.3) is 5.91 Å². The average Bonchev–Trinajstić information content (AvgIpc) is 3.47. The minimum Gasteiger partial charge on any atom is -0.321 e. The highest BCUT2D eigenvalue weighted by molar-refractivity contribution is 6.09. The minimum atomic E-state index is -0.172. The van der Waals surface area contributed by atoms with Gasteiger partial charge in [-0.25, -0.2) is 4.68 Å². The van der Waals surface area contributed by atoms with Gasteiger partial charge < -0.3 is 5.32 Å². The van der Waals surface area contributed by atoms with Gasteiger partial charge in [0.15, 0.2) is 0 Å². The second kappa shape index (κ2) is 6.89. The topological polar surface area (TPSA) is 70.7 Å². The molecule has 1 N–H and O–H groups in total. The second-order valence-electron chi connectivity index (χ2n) is 7.78. The maximum Gasteiger partial charge on any atom is 0.258 e. The number of anilines is 1. The van der Waals surface area contributed by atoms with Gasteiger partial charge in [0.2, 0.25) is 0 Å². The van der Waals surface area contributed by atoms with E-state index in [1.54, 1.807) is 10.9 Å². The van der Waals surface area contributed by atoms with Crippen LogP contribution in [0.4, 0.5) is 5.69 Å². The van der Waals surface area contributed by atoms with Crippen molar-refractivity contribution in [2.45, 2.75) is 38.5 Å². The van der Waals surface area contributed by atoms with Crippen molar-refractivity contribution in [3.8, 4) is 11.8 Å². The third kappa shape index (κ3) is 2.92. The molecule has 0 saturated heterocycles. The van der Waals surface area contributed by atoms with E-state index in [9.17, 15) is 4.79 Å². The van der Waals surface area contributed by atoms with Gasteiger partial charge in [0.05, 0.1) is 23.0 Å². The molecule has 2 aliphatic rings. The van der Waals surface area contributed by atoms with Gasteiger partial charge in [-0.3, -0.25) is 4.79 Å². The highest BCUT2D eigenvalue weighted by Crippen LogP contribution is 2.39. The first-order valence-corrected chi connectivity index (χ1v) is 10.0. The standard InChI is InChI=1S/C24H21N4O/c1-15-5-2-10-21(28-14-16(12-25)13-26-28)22(15)24(29)27-23-19-8-3-6-17(19)11-18-7-4-9-20(18)23/h2,5,10-11,13-14H,1,3-4,6-9H2,(H,27,29). The lowest BCUT2D eigenvalue weighted by Gasteiger charge is -2.18. The largest absolute Gasteiger partial charge is 0.321 e. The first-order valence-electron chi connectivity index (χ1n) is 10.0. The van der Waals surface area contributed by atoms with Crippen molar-refractivity contribution in [3.05, 3.63) is 82.5 Å². The van der Waals surface area contributed by atoms with E-state index in [0.29, 0.717) is 22.4 Å². The van der Waals surface area contributed by atoms with E-state index >= 15 is 0 Å². The fourth-order valence-corrected chi connectivity index (χ4v) is 4.70. The van der Waals surface area contributed by atoms with Crippen LogP contribution < -0.4 is 5.32 Å². The molecule has 0 saturated carbocycles. The molecule has 0 spiro atoms. The number of hydrogen-bond acceptors (Lipinski definition) is 3. The summed E-state index contributed by atoms with van der Waals surface area (Å²) in [5.74, 6) is -0.172. The highest BCUT2D eigenvalue weighted by Gasteiger charge is 2.26. The van der Waals surface area contributed by atoms with Crippen LogP contribution in [0.15, 0.2) is 36.7 Å². The summed E-state index contributed by atoms with van der Waals surface area (Å²) < 4.78 is 1.57. The fourth-order valence-electron chi connectivity index (χ4n) is 4.70. The molecule has 2 aromatic carbocycles. The molecular weight excluding hydrogens is 360 g/mol. The monoisotopic (exact) mass is 381 g/mol. The summed E-state index contributed by atoms with van der Waals surface area (Å²) in [6.07, 6.45) is 9.62. The number of benzene rings is 2. The quantitative estimate of drug-likeness (QED) is 0.741. The Hall–Kier alpha value is -3.39. The Labute approximate surface area is 170 Å². The van der Waals surface area contributed by atoms with Crippen LogP contribution in [-0.2, 0) is 25.7 Å². The van der Waals surface area contributed by atoms with E-state index in [1.807, 2.05) is 18.2 Å². The molecule has 5 heteroatoms. The zero-order chi connectivity index (χ0) is 20.0. The predicted molar refractivity (Wildman–Crippen MR) is 111 cm³/mol. The molecule has 0 bridgehead atoms. The predicted octanol–water partition coefficient (Wildman–Crippen LogP) is 4.16. The molecule has 1 aromatic heterocycles. The summed E-state index contributed by atoms with van der Waals surface area (Å²) in [4.78, 5) is 13.4. The van der Waals surface area contributed by atoms with Gasteiger partial charge in [-0.05, 0) is 79.3 Å². The molecule has 3 aromatic rings. The van der Waals surface area contributed by atoms with Crippen molar-refractivity contribution in [2.75, 3.05) is 5.32 Å². The van der Waals surface area contributed by atoms with Crippen LogP contribution in [0.2, 0.25) is 0 Å². The Kier molecular flexibility index (Phi) is 4.21. The van der Waals surface area contributed by atoms with Crippen molar-refractivity contribution in [1.82, 2.24) is 9.78 Å². The summed E-state index contributed by atoms with van der Waals surface area (Å²) in [7, 11) is 0. The summed E-state index contributed by atoms with van der Waals surface area (Å²) in [6.45, 7) is 4.07. The maximum atomic E-state index is 13.4. The summed E-state index contributed by atoms with van der Waals surface area (Å²) in [6, 6.07) is 9.94. The Morgan fingerprint density at radius 1 is 1.14 bits per heavy atom. The number of carbonyl (C=O) groups excluding carboxylic acids is 1. The van der Waals surface area contributed by atoms with Crippen molar-refractivity contribution < 1.29 is 4.79 Å². The van der Waals surface area contributed by atoms with Gasteiger partial charge in [0, 0.05) is 11.9 Å². The summed E-state index contributed by atoms with van der Waals surface area (Å²) >= 11 is 0. The molecule has 5 rings (SSSR count). The average molecular weight is 381 g/mol. The van der Waals surface area contributed by atoms with Crippen LogP contribution in [-0.4, -0.2) is 15.7 Å². The molecule has 0 aliphatic heterocycles. The zero-order valence-corrected chi connectivity index (χ0v) is 16.2. The number of rotatable bonds is 3. The van der Waals surface area contributed by atoms with E-state index in [-0.39, 0.29) is 5.91 Å². The maximum absolute atomic E-state index is 13.4. The number of aryl methyl sites for hydroxylation is 2. The molecule has 0 atom stereocenters. The number of fused-ring (bicyclic) bond motifs is 2. The van der Waals surface area contributed by atoms with Crippen molar-refractivity contribution in [1.29, 1.82) is 5.26 Å². The third-order valence-electron chi connectivity index (χ3n) is 6.03. The van der Waals surface area contributed by atoms with Crippen LogP contribution in [0.25, 0.3) is 5.69 Å². The normalized spacial score (nSPS) is 14.3. The number of hydrogen-bond donors (Lipinski definition) is 1. The van der Waals surface area contributed by atoms with Gasteiger partial charge in [-0.1, -0.05) is 18.2 Å². The van der Waals surface area contributed by atoms with Crippen LogP contribution in [0.5, 0.6) is 0 Å². The van der Waals surface area contributed by atoms with E-state index in [1.165, 1.54) is 28.5 Å². The van der Waals surface area contributed by atoms with Crippen molar-refractivity contribution in [3.63, 3.8) is 0 Å². The molecule has 1 heterocycles. The third-order valence-corrected chi connectivity index (χ3v) is 6.03. The van der Waals surface area contributed by atoms with Crippen molar-refractivity contribution in [2.24, 2.45) is 0 Å². The number of carbonyl (C=O) groups is 1. The highest BCUT2D eigenvalue weighted by atomic mass is 16.1. The van der Waals surface area contributed by atoms with E-state index in [4.69, 9.17) is 5.26 Å².